The average molecular weight is 404 g/mol. The molecule has 0 spiro atoms. The molecule has 1 fully saturated rings. The van der Waals surface area contributed by atoms with Crippen LogP contribution in [0.25, 0.3) is 28.0 Å². The molecular weight excluding hydrogens is 384 g/mol. The van der Waals surface area contributed by atoms with Gasteiger partial charge >= 0.3 is 0 Å². The summed E-state index contributed by atoms with van der Waals surface area (Å²) in [5.41, 5.74) is 4.56. The number of fused-ring (bicyclic) bond motifs is 1. The zero-order valence-corrected chi connectivity index (χ0v) is 16.6. The molecule has 1 saturated heterocycles. The quantitative estimate of drug-likeness (QED) is 0.546. The zero-order chi connectivity index (χ0) is 20.7. The Balaban J connectivity index is 1.63. The van der Waals surface area contributed by atoms with Crippen molar-refractivity contribution in [3.63, 3.8) is 0 Å². The summed E-state index contributed by atoms with van der Waals surface area (Å²) in [5.74, 6) is 0.344. The van der Waals surface area contributed by atoms with E-state index in [1.165, 1.54) is 0 Å². The Hall–Kier alpha value is -3.72. The monoisotopic (exact) mass is 404 g/mol. The SMILES string of the molecule is CNC(=O)c1cccc(-c2cnc3cc(-c4cnn(C)c4)c(OC4COC4)nn23)c1. The molecule has 0 saturated carbocycles. The number of nitrogens with zero attached hydrogens (tertiary/aromatic N) is 5. The number of carbonyl (C=O) groups excluding carboxylic acids is 1. The molecule has 0 unspecified atom stereocenters. The van der Waals surface area contributed by atoms with Gasteiger partial charge in [0.15, 0.2) is 5.65 Å². The van der Waals surface area contributed by atoms with E-state index in [0.29, 0.717) is 30.3 Å². The fourth-order valence-corrected chi connectivity index (χ4v) is 3.35. The van der Waals surface area contributed by atoms with Crippen LogP contribution in [0, 0.1) is 0 Å². The summed E-state index contributed by atoms with van der Waals surface area (Å²) in [6, 6.07) is 9.29. The molecule has 9 nitrogen and oxygen atoms in total. The number of carbonyl (C=O) groups is 1. The Kier molecular flexibility index (Phi) is 4.44. The predicted molar refractivity (Wildman–Crippen MR) is 109 cm³/mol. The van der Waals surface area contributed by atoms with Crippen molar-refractivity contribution in [3.05, 3.63) is 54.5 Å². The van der Waals surface area contributed by atoms with Gasteiger partial charge in [0.25, 0.3) is 5.91 Å². The van der Waals surface area contributed by atoms with Crippen LogP contribution in [0.15, 0.2) is 48.9 Å². The van der Waals surface area contributed by atoms with Gasteiger partial charge in [-0.05, 0) is 18.2 Å². The first-order valence-electron chi connectivity index (χ1n) is 9.57. The van der Waals surface area contributed by atoms with Gasteiger partial charge in [0.05, 0.1) is 36.9 Å². The molecule has 30 heavy (non-hydrogen) atoms. The first-order valence-corrected chi connectivity index (χ1v) is 9.57. The Bertz CT molecular complexity index is 1240. The van der Waals surface area contributed by atoms with Crippen molar-refractivity contribution in [1.29, 1.82) is 0 Å². The first-order chi connectivity index (χ1) is 14.6. The van der Waals surface area contributed by atoms with Gasteiger partial charge in [0, 0.05) is 37.0 Å². The third kappa shape index (κ3) is 3.18. The van der Waals surface area contributed by atoms with Crippen LogP contribution in [0.4, 0.5) is 0 Å². The van der Waals surface area contributed by atoms with Gasteiger partial charge in [0.1, 0.15) is 6.10 Å². The molecule has 152 valence electrons. The predicted octanol–water partition coefficient (Wildman–Crippen LogP) is 1.93. The number of hydrogen-bond acceptors (Lipinski definition) is 6. The third-order valence-corrected chi connectivity index (χ3v) is 5.01. The number of aryl methyl sites for hydroxylation is 1. The van der Waals surface area contributed by atoms with Gasteiger partial charge in [0.2, 0.25) is 5.88 Å². The lowest BCUT2D eigenvalue weighted by Gasteiger charge is -2.26. The van der Waals surface area contributed by atoms with E-state index in [1.807, 2.05) is 37.5 Å². The fourth-order valence-electron chi connectivity index (χ4n) is 3.35. The summed E-state index contributed by atoms with van der Waals surface area (Å²) in [5, 5.41) is 11.7. The maximum absolute atomic E-state index is 12.0. The molecule has 0 radical (unpaired) electrons. The van der Waals surface area contributed by atoms with E-state index in [4.69, 9.17) is 14.6 Å². The van der Waals surface area contributed by atoms with E-state index in [0.717, 1.165) is 22.4 Å². The number of nitrogens with one attached hydrogen (secondary N) is 1. The summed E-state index contributed by atoms with van der Waals surface area (Å²) in [4.78, 5) is 16.6. The standard InChI is InChI=1S/C21H20N6O3/c1-22-20(28)14-5-3-4-13(6-14)18-9-23-19-7-17(15-8-24-26(2)10-15)21(25-27(18)19)30-16-11-29-12-16/h3-10,16H,11-12H2,1-2H3,(H,22,28). The number of hydrogen-bond donors (Lipinski definition) is 1. The minimum Gasteiger partial charge on any atom is -0.468 e. The van der Waals surface area contributed by atoms with E-state index in [9.17, 15) is 4.79 Å². The van der Waals surface area contributed by atoms with Crippen molar-refractivity contribution in [1.82, 2.24) is 29.7 Å². The second-order valence-electron chi connectivity index (χ2n) is 7.12. The lowest BCUT2D eigenvalue weighted by molar-refractivity contribution is -0.0814. The molecule has 5 rings (SSSR count). The van der Waals surface area contributed by atoms with E-state index in [1.54, 1.807) is 34.7 Å². The van der Waals surface area contributed by atoms with E-state index in [-0.39, 0.29) is 12.0 Å². The minimum absolute atomic E-state index is 0.0334. The minimum atomic E-state index is -0.147. The molecule has 3 aromatic heterocycles. The second-order valence-corrected chi connectivity index (χ2v) is 7.12. The fraction of sp³-hybridized carbons (Fsp3) is 0.238. The summed E-state index contributed by atoms with van der Waals surface area (Å²) in [6.45, 7) is 1.08. The summed E-state index contributed by atoms with van der Waals surface area (Å²) in [6.07, 6.45) is 5.39. The molecule has 1 amide bonds. The second kappa shape index (κ2) is 7.27. The first kappa shape index (κ1) is 18.3. The summed E-state index contributed by atoms with van der Waals surface area (Å²) < 4.78 is 14.8. The van der Waals surface area contributed by atoms with Crippen LogP contribution in [0.5, 0.6) is 5.88 Å². The molecule has 9 heteroatoms. The van der Waals surface area contributed by atoms with Crippen LogP contribution in [0.3, 0.4) is 0 Å². The smallest absolute Gasteiger partial charge is 0.251 e. The van der Waals surface area contributed by atoms with Crippen LogP contribution >= 0.6 is 0 Å². The van der Waals surface area contributed by atoms with Crippen molar-refractivity contribution >= 4 is 11.6 Å². The average Bonchev–Trinajstić information content (AvgIpc) is 3.35. The third-order valence-electron chi connectivity index (χ3n) is 5.01. The molecule has 1 aromatic carbocycles. The number of imidazole rings is 1. The number of rotatable bonds is 5. The molecule has 4 heterocycles. The van der Waals surface area contributed by atoms with Gasteiger partial charge in [-0.2, -0.15) is 5.10 Å². The van der Waals surface area contributed by atoms with Gasteiger partial charge in [-0.3, -0.25) is 9.48 Å². The Labute approximate surface area is 172 Å². The molecule has 0 aliphatic carbocycles. The molecule has 0 atom stereocenters. The van der Waals surface area contributed by atoms with E-state index in [2.05, 4.69) is 15.4 Å². The molecule has 1 aliphatic heterocycles. The van der Waals surface area contributed by atoms with Crippen molar-refractivity contribution in [2.45, 2.75) is 6.10 Å². The van der Waals surface area contributed by atoms with Crippen molar-refractivity contribution in [2.24, 2.45) is 7.05 Å². The number of amides is 1. The highest BCUT2D eigenvalue weighted by Gasteiger charge is 2.24. The zero-order valence-electron chi connectivity index (χ0n) is 16.6. The van der Waals surface area contributed by atoms with E-state index >= 15 is 0 Å². The Morgan fingerprint density at radius 3 is 2.80 bits per heavy atom. The maximum atomic E-state index is 12.0. The van der Waals surface area contributed by atoms with Crippen LogP contribution in [-0.2, 0) is 11.8 Å². The van der Waals surface area contributed by atoms with Crippen molar-refractivity contribution < 1.29 is 14.3 Å². The Morgan fingerprint density at radius 2 is 2.10 bits per heavy atom. The Morgan fingerprint density at radius 1 is 1.23 bits per heavy atom. The largest absolute Gasteiger partial charge is 0.468 e. The highest BCUT2D eigenvalue weighted by atomic mass is 16.6. The van der Waals surface area contributed by atoms with Crippen LogP contribution in [0.2, 0.25) is 0 Å². The van der Waals surface area contributed by atoms with Gasteiger partial charge in [-0.15, -0.1) is 5.10 Å². The number of ether oxygens (including phenoxy) is 2. The van der Waals surface area contributed by atoms with Crippen LogP contribution in [0.1, 0.15) is 10.4 Å². The molecular formula is C21H20N6O3. The van der Waals surface area contributed by atoms with E-state index < -0.39 is 0 Å². The van der Waals surface area contributed by atoms with Crippen molar-refractivity contribution in [2.75, 3.05) is 20.3 Å². The van der Waals surface area contributed by atoms with Crippen molar-refractivity contribution in [3.8, 4) is 28.3 Å². The number of benzene rings is 1. The summed E-state index contributed by atoms with van der Waals surface area (Å²) >= 11 is 0. The maximum Gasteiger partial charge on any atom is 0.251 e. The number of aromatic nitrogens is 5. The van der Waals surface area contributed by atoms with Gasteiger partial charge in [-0.25, -0.2) is 9.50 Å². The normalized spacial score (nSPS) is 13.9. The van der Waals surface area contributed by atoms with Crippen LogP contribution < -0.4 is 10.1 Å². The van der Waals surface area contributed by atoms with Gasteiger partial charge in [-0.1, -0.05) is 12.1 Å². The summed E-state index contributed by atoms with van der Waals surface area (Å²) in [7, 11) is 3.47. The lowest BCUT2D eigenvalue weighted by Crippen LogP contribution is -2.39. The lowest BCUT2D eigenvalue weighted by atomic mass is 10.1. The van der Waals surface area contributed by atoms with Gasteiger partial charge < -0.3 is 14.8 Å². The highest BCUT2D eigenvalue weighted by molar-refractivity contribution is 5.95. The molecule has 0 bridgehead atoms. The highest BCUT2D eigenvalue weighted by Crippen LogP contribution is 2.32. The molecule has 4 aromatic rings. The topological polar surface area (TPSA) is 95.6 Å². The van der Waals surface area contributed by atoms with Crippen LogP contribution in [-0.4, -0.2) is 56.7 Å². The molecule has 1 aliphatic rings. The molecule has 1 N–H and O–H groups in total.